The van der Waals surface area contributed by atoms with Gasteiger partial charge in [0.1, 0.15) is 11.6 Å². The van der Waals surface area contributed by atoms with Crippen LogP contribution >= 0.6 is 0 Å². The number of hydrogen-bond donors (Lipinski definition) is 3. The number of nitrogen functional groups attached to an aromatic ring is 1. The van der Waals surface area contributed by atoms with Gasteiger partial charge in [0.15, 0.2) is 0 Å². The Morgan fingerprint density at radius 2 is 1.74 bits per heavy atom. The molecule has 0 amide bonds. The molecule has 1 aromatic heterocycles. The largest absolute Gasteiger partial charge is 0.373 e. The molecule has 4 N–H and O–H groups in total. The highest BCUT2D eigenvalue weighted by Gasteiger charge is 2.15. The van der Waals surface area contributed by atoms with E-state index in [0.717, 1.165) is 0 Å². The number of nitrogens with zero attached hydrogens (tertiary/aromatic N) is 2. The molecular weight excluding hydrogens is 266 g/mol. The zero-order valence-electron chi connectivity index (χ0n) is 10.2. The Labute approximate surface area is 110 Å². The third-order valence-electron chi connectivity index (χ3n) is 2.29. The molecule has 0 fully saturated rings. The van der Waals surface area contributed by atoms with Gasteiger partial charge in [-0.2, -0.15) is 9.97 Å². The van der Waals surface area contributed by atoms with Crippen molar-refractivity contribution >= 4 is 27.6 Å². The lowest BCUT2D eigenvalue weighted by Gasteiger charge is -2.09. The van der Waals surface area contributed by atoms with Crippen LogP contribution in [0.25, 0.3) is 0 Å². The van der Waals surface area contributed by atoms with Gasteiger partial charge in [-0.15, -0.1) is 0 Å². The van der Waals surface area contributed by atoms with E-state index in [-0.39, 0.29) is 16.7 Å². The van der Waals surface area contributed by atoms with Crippen molar-refractivity contribution in [2.75, 3.05) is 22.8 Å². The van der Waals surface area contributed by atoms with Gasteiger partial charge in [-0.1, -0.05) is 18.2 Å². The van der Waals surface area contributed by atoms with E-state index in [1.54, 1.807) is 25.2 Å². The first-order valence-electron chi connectivity index (χ1n) is 5.41. The monoisotopic (exact) mass is 279 g/mol. The number of sulfonamides is 1. The molecule has 8 heteroatoms. The predicted molar refractivity (Wildman–Crippen MR) is 73.2 cm³/mol. The number of nitrogens with two attached hydrogens (primary N) is 1. The molecule has 0 saturated carbocycles. The van der Waals surface area contributed by atoms with Gasteiger partial charge in [-0.05, 0) is 12.1 Å². The van der Waals surface area contributed by atoms with Gasteiger partial charge in [0.25, 0.3) is 10.0 Å². The number of aromatic nitrogens is 2. The number of benzene rings is 1. The number of anilines is 3. The topological polar surface area (TPSA) is 110 Å². The molecular formula is C11H13N5O2S. The first-order valence-corrected chi connectivity index (χ1v) is 6.90. The summed E-state index contributed by atoms with van der Waals surface area (Å²) in [6, 6.07) is 9.46. The molecule has 1 heterocycles. The molecule has 1 aromatic carbocycles. The Kier molecular flexibility index (Phi) is 3.52. The van der Waals surface area contributed by atoms with Crippen molar-refractivity contribution in [1.29, 1.82) is 0 Å². The highest BCUT2D eigenvalue weighted by molar-refractivity contribution is 7.92. The van der Waals surface area contributed by atoms with E-state index in [0.29, 0.717) is 5.82 Å². The predicted octanol–water partition coefficient (Wildman–Crippen LogP) is 0.901. The second-order valence-corrected chi connectivity index (χ2v) is 5.35. The summed E-state index contributed by atoms with van der Waals surface area (Å²) in [5, 5.41) is 2.77. The second-order valence-electron chi connectivity index (χ2n) is 3.67. The molecule has 2 aromatic rings. The molecule has 0 bridgehead atoms. The van der Waals surface area contributed by atoms with Crippen LogP contribution in [-0.2, 0) is 10.0 Å². The van der Waals surface area contributed by atoms with Crippen molar-refractivity contribution in [2.45, 2.75) is 4.90 Å². The lowest BCUT2D eigenvalue weighted by molar-refractivity contribution is 0.601. The van der Waals surface area contributed by atoms with Crippen LogP contribution in [-0.4, -0.2) is 25.4 Å². The maximum absolute atomic E-state index is 12.1. The van der Waals surface area contributed by atoms with E-state index in [4.69, 9.17) is 5.73 Å². The Balaban J connectivity index is 2.33. The summed E-state index contributed by atoms with van der Waals surface area (Å²) in [7, 11) is -2.03. The Morgan fingerprint density at radius 3 is 2.37 bits per heavy atom. The normalized spacial score (nSPS) is 11.0. The van der Waals surface area contributed by atoms with E-state index in [9.17, 15) is 8.42 Å². The summed E-state index contributed by atoms with van der Waals surface area (Å²) in [5.41, 5.74) is 5.50. The highest BCUT2D eigenvalue weighted by Crippen LogP contribution is 2.17. The van der Waals surface area contributed by atoms with E-state index >= 15 is 0 Å². The van der Waals surface area contributed by atoms with Gasteiger partial charge in [0, 0.05) is 13.1 Å². The molecule has 19 heavy (non-hydrogen) atoms. The van der Waals surface area contributed by atoms with E-state index in [2.05, 4.69) is 20.0 Å². The van der Waals surface area contributed by atoms with Crippen LogP contribution in [0, 0.1) is 0 Å². The van der Waals surface area contributed by atoms with Gasteiger partial charge in [0.2, 0.25) is 5.95 Å². The van der Waals surface area contributed by atoms with Gasteiger partial charge >= 0.3 is 0 Å². The van der Waals surface area contributed by atoms with Gasteiger partial charge in [-0.3, -0.25) is 4.72 Å². The Morgan fingerprint density at radius 1 is 1.11 bits per heavy atom. The standard InChI is InChI=1S/C11H13N5O2S/c1-13-9-7-10(15-11(12)14-9)16-19(17,18)8-5-3-2-4-6-8/h2-7H,1H3,(H4,12,13,14,15,16). The van der Waals surface area contributed by atoms with Crippen molar-refractivity contribution in [3.63, 3.8) is 0 Å². The van der Waals surface area contributed by atoms with Gasteiger partial charge < -0.3 is 11.1 Å². The van der Waals surface area contributed by atoms with Crippen LogP contribution in [0.5, 0.6) is 0 Å². The van der Waals surface area contributed by atoms with Crippen molar-refractivity contribution in [3.8, 4) is 0 Å². The van der Waals surface area contributed by atoms with Crippen LogP contribution < -0.4 is 15.8 Å². The number of nitrogens with one attached hydrogen (secondary N) is 2. The van der Waals surface area contributed by atoms with Crippen molar-refractivity contribution in [3.05, 3.63) is 36.4 Å². The zero-order valence-corrected chi connectivity index (χ0v) is 11.0. The Hall–Kier alpha value is -2.35. The lowest BCUT2D eigenvalue weighted by atomic mass is 10.4. The summed E-state index contributed by atoms with van der Waals surface area (Å²) in [5.74, 6) is 0.525. The lowest BCUT2D eigenvalue weighted by Crippen LogP contribution is -2.15. The minimum atomic E-state index is -3.68. The van der Waals surface area contributed by atoms with Crippen LogP contribution in [0.3, 0.4) is 0 Å². The average molecular weight is 279 g/mol. The molecule has 100 valence electrons. The minimum absolute atomic E-state index is 0.0161. The van der Waals surface area contributed by atoms with Crippen molar-refractivity contribution in [2.24, 2.45) is 0 Å². The maximum Gasteiger partial charge on any atom is 0.263 e. The average Bonchev–Trinajstić information content (AvgIpc) is 2.38. The van der Waals surface area contributed by atoms with Crippen molar-refractivity contribution in [1.82, 2.24) is 9.97 Å². The second kappa shape index (κ2) is 5.11. The fourth-order valence-electron chi connectivity index (χ4n) is 1.44. The van der Waals surface area contributed by atoms with Gasteiger partial charge in [-0.25, -0.2) is 8.42 Å². The van der Waals surface area contributed by atoms with Crippen LogP contribution in [0.2, 0.25) is 0 Å². The minimum Gasteiger partial charge on any atom is -0.373 e. The highest BCUT2D eigenvalue weighted by atomic mass is 32.2. The summed E-state index contributed by atoms with van der Waals surface area (Å²) < 4.78 is 26.5. The molecule has 0 unspecified atom stereocenters. The summed E-state index contributed by atoms with van der Waals surface area (Å²) in [4.78, 5) is 7.86. The zero-order chi connectivity index (χ0) is 13.9. The van der Waals surface area contributed by atoms with Crippen LogP contribution in [0.15, 0.2) is 41.3 Å². The quantitative estimate of drug-likeness (QED) is 0.767. The van der Waals surface area contributed by atoms with Crippen molar-refractivity contribution < 1.29 is 8.42 Å². The molecule has 0 aliphatic heterocycles. The maximum atomic E-state index is 12.1. The van der Waals surface area contributed by atoms with E-state index in [1.807, 2.05) is 0 Å². The van der Waals surface area contributed by atoms with E-state index in [1.165, 1.54) is 18.2 Å². The molecule has 0 radical (unpaired) electrons. The molecule has 0 aliphatic rings. The summed E-state index contributed by atoms with van der Waals surface area (Å²) in [6.07, 6.45) is 0. The van der Waals surface area contributed by atoms with Crippen LogP contribution in [0.4, 0.5) is 17.6 Å². The summed E-state index contributed by atoms with van der Waals surface area (Å²) >= 11 is 0. The molecule has 0 saturated heterocycles. The van der Waals surface area contributed by atoms with Crippen LogP contribution in [0.1, 0.15) is 0 Å². The SMILES string of the molecule is CNc1cc(NS(=O)(=O)c2ccccc2)nc(N)n1. The fourth-order valence-corrected chi connectivity index (χ4v) is 2.46. The Bertz CT molecular complexity index is 673. The smallest absolute Gasteiger partial charge is 0.263 e. The number of hydrogen-bond acceptors (Lipinski definition) is 6. The van der Waals surface area contributed by atoms with E-state index < -0.39 is 10.0 Å². The fraction of sp³-hybridized carbons (Fsp3) is 0.0909. The third-order valence-corrected chi connectivity index (χ3v) is 3.66. The molecule has 0 atom stereocenters. The molecule has 0 spiro atoms. The first-order chi connectivity index (χ1) is 9.01. The number of rotatable bonds is 4. The molecule has 7 nitrogen and oxygen atoms in total. The van der Waals surface area contributed by atoms with Gasteiger partial charge in [0.05, 0.1) is 4.90 Å². The third kappa shape index (κ3) is 3.10. The first kappa shape index (κ1) is 13.1. The summed E-state index contributed by atoms with van der Waals surface area (Å²) in [6.45, 7) is 0. The molecule has 2 rings (SSSR count). The molecule has 0 aliphatic carbocycles.